The molecular formula is C14H21NO4. The largest absolute Gasteiger partial charge is 0.504 e. The predicted octanol–water partition coefficient (Wildman–Crippen LogP) is 1.68. The number of carbonyl (C=O) groups excluding carboxylic acids is 1. The maximum atomic E-state index is 11.8. The van der Waals surface area contributed by atoms with E-state index >= 15 is 0 Å². The maximum Gasteiger partial charge on any atom is 0.251 e. The van der Waals surface area contributed by atoms with Crippen molar-refractivity contribution in [3.63, 3.8) is 0 Å². The minimum Gasteiger partial charge on any atom is -0.504 e. The zero-order valence-electron chi connectivity index (χ0n) is 11.2. The van der Waals surface area contributed by atoms with Crippen molar-refractivity contribution in [2.24, 2.45) is 0 Å². The Kier molecular flexibility index (Phi) is 6.74. The van der Waals surface area contributed by atoms with E-state index in [4.69, 9.17) is 9.84 Å². The van der Waals surface area contributed by atoms with Gasteiger partial charge in [0.15, 0.2) is 11.5 Å². The van der Waals surface area contributed by atoms with Gasteiger partial charge in [-0.3, -0.25) is 4.79 Å². The first-order valence-corrected chi connectivity index (χ1v) is 6.45. The van der Waals surface area contributed by atoms with E-state index in [0.29, 0.717) is 17.9 Å². The van der Waals surface area contributed by atoms with Gasteiger partial charge in [-0.25, -0.2) is 0 Å². The molecular weight excluding hydrogens is 246 g/mol. The van der Waals surface area contributed by atoms with E-state index in [1.54, 1.807) is 12.1 Å². The van der Waals surface area contributed by atoms with Gasteiger partial charge < -0.3 is 20.3 Å². The van der Waals surface area contributed by atoms with Crippen molar-refractivity contribution in [1.29, 1.82) is 0 Å². The summed E-state index contributed by atoms with van der Waals surface area (Å²) in [6.45, 7) is 0.814. The smallest absolute Gasteiger partial charge is 0.251 e. The summed E-state index contributed by atoms with van der Waals surface area (Å²) in [4.78, 5) is 11.8. The first-order chi connectivity index (χ1) is 9.19. The lowest BCUT2D eigenvalue weighted by atomic mass is 10.1. The molecule has 0 aromatic heterocycles. The highest BCUT2D eigenvalue weighted by Crippen LogP contribution is 2.26. The lowest BCUT2D eigenvalue weighted by molar-refractivity contribution is 0.0952. The van der Waals surface area contributed by atoms with E-state index in [1.807, 2.05) is 0 Å². The second-order valence-electron chi connectivity index (χ2n) is 4.28. The Balaban J connectivity index is 2.35. The van der Waals surface area contributed by atoms with Gasteiger partial charge in [0.05, 0.1) is 7.11 Å². The number of methoxy groups -OCH3 is 1. The molecule has 0 radical (unpaired) electrons. The quantitative estimate of drug-likeness (QED) is 0.626. The van der Waals surface area contributed by atoms with Crippen molar-refractivity contribution >= 4 is 5.91 Å². The first-order valence-electron chi connectivity index (χ1n) is 6.45. The third-order valence-corrected chi connectivity index (χ3v) is 2.81. The van der Waals surface area contributed by atoms with Crippen molar-refractivity contribution in [3.05, 3.63) is 23.8 Å². The lowest BCUT2D eigenvalue weighted by Gasteiger charge is -2.07. The molecule has 0 saturated carbocycles. The number of aliphatic hydroxyl groups is 1. The zero-order chi connectivity index (χ0) is 14.1. The van der Waals surface area contributed by atoms with Crippen molar-refractivity contribution in [3.8, 4) is 11.5 Å². The number of phenolic OH excluding ortho intramolecular Hbond substituents is 1. The number of nitrogens with one attached hydrogen (secondary N) is 1. The Morgan fingerprint density at radius 3 is 2.63 bits per heavy atom. The van der Waals surface area contributed by atoms with Crippen LogP contribution in [0, 0.1) is 0 Å². The SMILES string of the molecule is COc1ccc(C(=O)NCCCCCCO)cc1O. The van der Waals surface area contributed by atoms with Gasteiger partial charge in [-0.05, 0) is 31.0 Å². The molecule has 0 atom stereocenters. The van der Waals surface area contributed by atoms with Crippen LogP contribution in [0.1, 0.15) is 36.0 Å². The Morgan fingerprint density at radius 1 is 1.26 bits per heavy atom. The topological polar surface area (TPSA) is 78.8 Å². The number of hydrogen-bond donors (Lipinski definition) is 3. The van der Waals surface area contributed by atoms with Gasteiger partial charge in [-0.2, -0.15) is 0 Å². The van der Waals surface area contributed by atoms with Crippen LogP contribution in [0.5, 0.6) is 11.5 Å². The van der Waals surface area contributed by atoms with Gasteiger partial charge in [0.25, 0.3) is 5.91 Å². The molecule has 1 rings (SSSR count). The summed E-state index contributed by atoms with van der Waals surface area (Å²) < 4.78 is 4.91. The van der Waals surface area contributed by atoms with Crippen LogP contribution in [0.4, 0.5) is 0 Å². The van der Waals surface area contributed by atoms with Gasteiger partial charge in [-0.15, -0.1) is 0 Å². The minimum absolute atomic E-state index is 0.0434. The molecule has 0 fully saturated rings. The molecule has 0 bridgehead atoms. The van der Waals surface area contributed by atoms with E-state index in [-0.39, 0.29) is 18.3 Å². The Labute approximate surface area is 113 Å². The van der Waals surface area contributed by atoms with E-state index in [9.17, 15) is 9.90 Å². The van der Waals surface area contributed by atoms with Crippen molar-refractivity contribution in [2.45, 2.75) is 25.7 Å². The highest BCUT2D eigenvalue weighted by Gasteiger charge is 2.08. The van der Waals surface area contributed by atoms with Gasteiger partial charge in [0, 0.05) is 18.7 Å². The number of amides is 1. The summed E-state index contributed by atoms with van der Waals surface area (Å²) in [5, 5.41) is 21.0. The van der Waals surface area contributed by atoms with Crippen LogP contribution >= 0.6 is 0 Å². The summed E-state index contributed by atoms with van der Waals surface area (Å²) in [6.07, 6.45) is 3.64. The van der Waals surface area contributed by atoms with Crippen molar-refractivity contribution in [2.75, 3.05) is 20.3 Å². The number of carbonyl (C=O) groups is 1. The molecule has 1 aromatic carbocycles. The van der Waals surface area contributed by atoms with Crippen LogP contribution < -0.4 is 10.1 Å². The highest BCUT2D eigenvalue weighted by molar-refractivity contribution is 5.94. The fourth-order valence-corrected chi connectivity index (χ4v) is 1.73. The molecule has 106 valence electrons. The van der Waals surface area contributed by atoms with E-state index in [1.165, 1.54) is 13.2 Å². The van der Waals surface area contributed by atoms with Crippen molar-refractivity contribution in [1.82, 2.24) is 5.32 Å². The third-order valence-electron chi connectivity index (χ3n) is 2.81. The van der Waals surface area contributed by atoms with Gasteiger partial charge in [-0.1, -0.05) is 12.8 Å². The number of rotatable bonds is 8. The Bertz CT molecular complexity index is 406. The van der Waals surface area contributed by atoms with E-state index in [0.717, 1.165) is 25.7 Å². The summed E-state index contributed by atoms with van der Waals surface area (Å²) in [6, 6.07) is 4.56. The summed E-state index contributed by atoms with van der Waals surface area (Å²) in [5.74, 6) is 0.0961. The molecule has 0 aliphatic carbocycles. The number of ether oxygens (including phenoxy) is 1. The Morgan fingerprint density at radius 2 is 2.00 bits per heavy atom. The van der Waals surface area contributed by atoms with Crippen LogP contribution in [-0.4, -0.2) is 36.4 Å². The monoisotopic (exact) mass is 267 g/mol. The fourth-order valence-electron chi connectivity index (χ4n) is 1.73. The molecule has 0 spiro atoms. The number of benzene rings is 1. The molecule has 0 unspecified atom stereocenters. The first kappa shape index (κ1) is 15.3. The van der Waals surface area contributed by atoms with Crippen LogP contribution in [0.15, 0.2) is 18.2 Å². The number of aliphatic hydroxyl groups excluding tert-OH is 1. The highest BCUT2D eigenvalue weighted by atomic mass is 16.5. The Hall–Kier alpha value is -1.75. The number of phenols is 1. The van der Waals surface area contributed by atoms with Crippen LogP contribution in [-0.2, 0) is 0 Å². The lowest BCUT2D eigenvalue weighted by Crippen LogP contribution is -2.24. The van der Waals surface area contributed by atoms with Gasteiger partial charge in [0.1, 0.15) is 0 Å². The number of aromatic hydroxyl groups is 1. The number of hydrogen-bond acceptors (Lipinski definition) is 4. The van der Waals surface area contributed by atoms with Crippen LogP contribution in [0.2, 0.25) is 0 Å². The maximum absolute atomic E-state index is 11.8. The molecule has 3 N–H and O–H groups in total. The average molecular weight is 267 g/mol. The van der Waals surface area contributed by atoms with E-state index < -0.39 is 0 Å². The molecule has 1 amide bonds. The zero-order valence-corrected chi connectivity index (χ0v) is 11.2. The van der Waals surface area contributed by atoms with Crippen LogP contribution in [0.3, 0.4) is 0 Å². The molecule has 0 heterocycles. The predicted molar refractivity (Wildman–Crippen MR) is 72.5 cm³/mol. The fraction of sp³-hybridized carbons (Fsp3) is 0.500. The third kappa shape index (κ3) is 5.18. The van der Waals surface area contributed by atoms with Crippen LogP contribution in [0.25, 0.3) is 0 Å². The van der Waals surface area contributed by atoms with E-state index in [2.05, 4.69) is 5.32 Å². The molecule has 19 heavy (non-hydrogen) atoms. The van der Waals surface area contributed by atoms with Crippen molar-refractivity contribution < 1.29 is 19.7 Å². The number of unbranched alkanes of at least 4 members (excludes halogenated alkanes) is 3. The summed E-state index contributed by atoms with van der Waals surface area (Å²) >= 11 is 0. The molecule has 0 aliphatic heterocycles. The van der Waals surface area contributed by atoms with Gasteiger partial charge >= 0.3 is 0 Å². The molecule has 1 aromatic rings. The standard InChI is InChI=1S/C14H21NO4/c1-19-13-7-6-11(10-12(13)17)14(18)15-8-4-2-3-5-9-16/h6-7,10,16-17H,2-5,8-9H2,1H3,(H,15,18). The minimum atomic E-state index is -0.208. The average Bonchev–Trinajstić information content (AvgIpc) is 2.42. The summed E-state index contributed by atoms with van der Waals surface area (Å²) in [5.41, 5.74) is 0.411. The molecule has 0 aliphatic rings. The second-order valence-corrected chi connectivity index (χ2v) is 4.28. The molecule has 5 nitrogen and oxygen atoms in total. The van der Waals surface area contributed by atoms with Gasteiger partial charge in [0.2, 0.25) is 0 Å². The second kappa shape index (κ2) is 8.37. The molecule has 0 saturated heterocycles. The summed E-state index contributed by atoms with van der Waals surface area (Å²) in [7, 11) is 1.46. The normalized spacial score (nSPS) is 10.2. The molecule has 5 heteroatoms.